The Morgan fingerprint density at radius 3 is 1.92 bits per heavy atom. The van der Waals surface area contributed by atoms with E-state index < -0.39 is 0 Å². The fourth-order valence-electron chi connectivity index (χ4n) is 3.77. The maximum atomic E-state index is 10.5. The highest BCUT2D eigenvalue weighted by atomic mass is 16.3. The molecule has 2 nitrogen and oxygen atoms in total. The van der Waals surface area contributed by atoms with Crippen molar-refractivity contribution < 1.29 is 5.11 Å². The van der Waals surface area contributed by atoms with Gasteiger partial charge in [0.15, 0.2) is 5.43 Å². The molecular weight excluding hydrogens is 320 g/mol. The van der Waals surface area contributed by atoms with E-state index in [-0.39, 0.29) is 5.43 Å². The van der Waals surface area contributed by atoms with Crippen LogP contribution in [0.25, 0.3) is 43.1 Å². The number of hydrogen-bond acceptors (Lipinski definition) is 2. The van der Waals surface area contributed by atoms with E-state index in [0.29, 0.717) is 5.75 Å². The fraction of sp³-hybridized carbons (Fsp3) is 0.0417. The van der Waals surface area contributed by atoms with Gasteiger partial charge in [-0.3, -0.25) is 4.79 Å². The number of benzene rings is 5. The van der Waals surface area contributed by atoms with Gasteiger partial charge in [0.05, 0.1) is 0 Å². The number of hydrogen-bond donors (Lipinski definition) is 1. The molecule has 6 rings (SSSR count). The first-order valence-corrected chi connectivity index (χ1v) is 8.65. The van der Waals surface area contributed by atoms with Crippen LogP contribution in [-0.4, -0.2) is 5.11 Å². The van der Waals surface area contributed by atoms with E-state index in [1.807, 2.05) is 37.3 Å². The van der Waals surface area contributed by atoms with Gasteiger partial charge >= 0.3 is 0 Å². The van der Waals surface area contributed by atoms with Crippen molar-refractivity contribution in [2.75, 3.05) is 0 Å². The molecular formula is C24H16O2. The third-order valence-electron chi connectivity index (χ3n) is 5.24. The molecule has 0 aromatic heterocycles. The summed E-state index contributed by atoms with van der Waals surface area (Å²) < 4.78 is 0. The molecule has 26 heavy (non-hydrogen) atoms. The normalized spacial score (nSPS) is 11.6. The summed E-state index contributed by atoms with van der Waals surface area (Å²) in [7, 11) is 0. The smallest absolute Gasteiger partial charge is 0.194 e. The van der Waals surface area contributed by atoms with Crippen molar-refractivity contribution in [1.82, 2.24) is 0 Å². The molecule has 0 saturated heterocycles. The second-order valence-electron chi connectivity index (χ2n) is 6.75. The van der Waals surface area contributed by atoms with Crippen molar-refractivity contribution in [3.8, 4) is 5.75 Å². The molecule has 0 unspecified atom stereocenters. The summed E-state index contributed by atoms with van der Waals surface area (Å²) in [4.78, 5) is 10.5. The Hall–Kier alpha value is -3.39. The second-order valence-corrected chi connectivity index (χ2v) is 6.75. The van der Waals surface area contributed by atoms with Crippen molar-refractivity contribution in [3.05, 3.63) is 88.6 Å². The predicted octanol–water partition coefficient (Wildman–Crippen LogP) is 5.67. The van der Waals surface area contributed by atoms with Crippen LogP contribution in [-0.2, 0) is 0 Å². The molecule has 0 bridgehead atoms. The standard InChI is InChI=1S/C17H12O.C7H4O/c1-10-14-8-7-12-4-2-3-11-5-6-13(9-15(10)18)17(14)16(11)12;8-7-5-3-1-2-4-6(5)7/h2-9,18H,1H3;1-4H. The van der Waals surface area contributed by atoms with Gasteiger partial charge in [-0.15, -0.1) is 0 Å². The SMILES string of the molecule is Cc1c(O)cc2ccc3cccc4ccc1c2c34.O=c1c2ccccc12. The first-order chi connectivity index (χ1) is 12.6. The fourth-order valence-corrected chi connectivity index (χ4v) is 3.77. The van der Waals surface area contributed by atoms with E-state index in [1.165, 1.54) is 21.5 Å². The zero-order chi connectivity index (χ0) is 17.8. The van der Waals surface area contributed by atoms with Crippen molar-refractivity contribution in [2.45, 2.75) is 6.92 Å². The number of aryl methyl sites for hydroxylation is 1. The zero-order valence-electron chi connectivity index (χ0n) is 14.3. The first-order valence-electron chi connectivity index (χ1n) is 8.65. The average molecular weight is 336 g/mol. The van der Waals surface area contributed by atoms with Crippen LogP contribution in [0.3, 0.4) is 0 Å². The number of phenolic OH excluding ortho intramolecular Hbond substituents is 1. The summed E-state index contributed by atoms with van der Waals surface area (Å²) in [5.74, 6) is 0.376. The first kappa shape index (κ1) is 14.9. The van der Waals surface area contributed by atoms with Gasteiger partial charge in [0.25, 0.3) is 0 Å². The number of aromatic hydroxyl groups is 1. The molecule has 0 amide bonds. The van der Waals surface area contributed by atoms with Gasteiger partial charge in [0, 0.05) is 10.8 Å². The molecule has 0 radical (unpaired) electrons. The van der Waals surface area contributed by atoms with Crippen molar-refractivity contribution in [2.24, 2.45) is 0 Å². The molecule has 0 aliphatic carbocycles. The third kappa shape index (κ3) is 2.09. The molecule has 1 N–H and O–H groups in total. The molecule has 6 aromatic carbocycles. The Balaban J connectivity index is 0.000000156. The lowest BCUT2D eigenvalue weighted by atomic mass is 9.92. The van der Waals surface area contributed by atoms with E-state index in [4.69, 9.17) is 0 Å². The molecule has 0 heterocycles. The molecule has 6 aromatic rings. The van der Waals surface area contributed by atoms with Gasteiger partial charge in [-0.05, 0) is 50.9 Å². The van der Waals surface area contributed by atoms with Crippen LogP contribution >= 0.6 is 0 Å². The molecule has 124 valence electrons. The summed E-state index contributed by atoms with van der Waals surface area (Å²) in [6.07, 6.45) is 0. The maximum Gasteiger partial charge on any atom is 0.194 e. The van der Waals surface area contributed by atoms with Crippen LogP contribution in [0.2, 0.25) is 0 Å². The molecule has 0 saturated carbocycles. The monoisotopic (exact) mass is 336 g/mol. The lowest BCUT2D eigenvalue weighted by Crippen LogP contribution is -1.86. The summed E-state index contributed by atoms with van der Waals surface area (Å²) >= 11 is 0. The minimum absolute atomic E-state index is 0.218. The van der Waals surface area contributed by atoms with Gasteiger partial charge in [0.2, 0.25) is 0 Å². The quantitative estimate of drug-likeness (QED) is 0.363. The van der Waals surface area contributed by atoms with Crippen LogP contribution in [0.1, 0.15) is 5.56 Å². The van der Waals surface area contributed by atoms with Crippen LogP contribution in [0, 0.1) is 6.92 Å². The molecule has 0 spiro atoms. The summed E-state index contributed by atoms with van der Waals surface area (Å²) in [5, 5.41) is 19.1. The lowest BCUT2D eigenvalue weighted by molar-refractivity contribution is 0.473. The highest BCUT2D eigenvalue weighted by Crippen LogP contribution is 2.38. The minimum atomic E-state index is 0.218. The second kappa shape index (κ2) is 5.30. The predicted molar refractivity (Wildman–Crippen MR) is 109 cm³/mol. The zero-order valence-corrected chi connectivity index (χ0v) is 14.3. The largest absolute Gasteiger partial charge is 0.508 e. The van der Waals surface area contributed by atoms with E-state index in [0.717, 1.165) is 27.1 Å². The molecule has 0 atom stereocenters. The minimum Gasteiger partial charge on any atom is -0.508 e. The number of fused-ring (bicyclic) bond motifs is 1. The van der Waals surface area contributed by atoms with Gasteiger partial charge < -0.3 is 5.11 Å². The van der Waals surface area contributed by atoms with Crippen molar-refractivity contribution in [3.63, 3.8) is 0 Å². The number of phenols is 1. The van der Waals surface area contributed by atoms with Crippen molar-refractivity contribution in [1.29, 1.82) is 0 Å². The van der Waals surface area contributed by atoms with Crippen LogP contribution in [0.15, 0.2) is 77.6 Å². The van der Waals surface area contributed by atoms with Crippen LogP contribution in [0.5, 0.6) is 5.75 Å². The van der Waals surface area contributed by atoms with Crippen LogP contribution in [0.4, 0.5) is 0 Å². The van der Waals surface area contributed by atoms with E-state index >= 15 is 0 Å². The highest BCUT2D eigenvalue weighted by molar-refractivity contribution is 6.23. The highest BCUT2D eigenvalue weighted by Gasteiger charge is 2.11. The van der Waals surface area contributed by atoms with E-state index in [9.17, 15) is 9.90 Å². The Labute approximate surface area is 149 Å². The van der Waals surface area contributed by atoms with Crippen LogP contribution < -0.4 is 5.43 Å². The van der Waals surface area contributed by atoms with Crippen molar-refractivity contribution >= 4 is 43.1 Å². The lowest BCUT2D eigenvalue weighted by Gasteiger charge is -2.13. The third-order valence-corrected chi connectivity index (χ3v) is 5.24. The van der Waals surface area contributed by atoms with Gasteiger partial charge in [-0.2, -0.15) is 0 Å². The summed E-state index contributed by atoms with van der Waals surface area (Å²) in [6, 6.07) is 24.1. The Morgan fingerprint density at radius 1 is 0.654 bits per heavy atom. The molecule has 2 heteroatoms. The Bertz CT molecular complexity index is 1370. The topological polar surface area (TPSA) is 37.3 Å². The summed E-state index contributed by atoms with van der Waals surface area (Å²) in [5.41, 5.74) is 1.18. The number of rotatable bonds is 0. The van der Waals surface area contributed by atoms with Gasteiger partial charge in [-0.1, -0.05) is 66.7 Å². The maximum absolute atomic E-state index is 10.5. The van der Waals surface area contributed by atoms with E-state index in [2.05, 4.69) is 42.5 Å². The summed E-state index contributed by atoms with van der Waals surface area (Å²) in [6.45, 7) is 1.97. The van der Waals surface area contributed by atoms with Gasteiger partial charge in [-0.25, -0.2) is 0 Å². The van der Waals surface area contributed by atoms with E-state index in [1.54, 1.807) is 0 Å². The Morgan fingerprint density at radius 2 is 1.27 bits per heavy atom. The molecule has 0 fully saturated rings. The van der Waals surface area contributed by atoms with Gasteiger partial charge in [0.1, 0.15) is 5.75 Å². The average Bonchev–Trinajstić information content (AvgIpc) is 3.34. The molecule has 0 aliphatic heterocycles. The Kier molecular flexibility index (Phi) is 3.04. The molecule has 0 aliphatic rings.